The molecule has 2 aromatic rings. The molecular formula is C48H83N. The van der Waals surface area contributed by atoms with Gasteiger partial charge in [0.1, 0.15) is 0 Å². The van der Waals surface area contributed by atoms with Crippen molar-refractivity contribution in [2.75, 3.05) is 5.32 Å². The first kappa shape index (κ1) is 52.8. The number of aryl methyl sites for hydroxylation is 2. The highest BCUT2D eigenvalue weighted by Gasteiger charge is 2.27. The predicted molar refractivity (Wildman–Crippen MR) is 232 cm³/mol. The molecule has 2 rings (SSSR count). The summed E-state index contributed by atoms with van der Waals surface area (Å²) in [6.45, 7) is 42.3. The Kier molecular flexibility index (Phi) is 37.6. The van der Waals surface area contributed by atoms with E-state index in [9.17, 15) is 0 Å². The van der Waals surface area contributed by atoms with E-state index < -0.39 is 0 Å². The van der Waals surface area contributed by atoms with Crippen LogP contribution in [-0.2, 0) is 0 Å². The number of rotatable bonds is 12. The van der Waals surface area contributed by atoms with Crippen molar-refractivity contribution in [1.82, 2.24) is 0 Å². The lowest BCUT2D eigenvalue weighted by molar-refractivity contribution is 0.278. The standard InChI is InChI=1S/C22H31N.C8H10.C6H14.C4H8.2C4H10/c1-8-12-17(5)19-14-15-20(18(10-3)16-19)23-21(13-9-2)22(6,7)11-4;1-7-3-5-8(2)6-4-7;1-4-6(3)5-2;1-4(2)3;2*1-3-4-2/h3,8,12,14-16,21,23H,5,9,11,13H2,1-2,4,6-7H3;3-6H,1-2H3;6H,4-5H2,1-3H3;1H2,2-3H3;2*3-4H2,1-2H3/b12-8-;;;;;. The van der Waals surface area contributed by atoms with Gasteiger partial charge in [0, 0.05) is 11.6 Å². The van der Waals surface area contributed by atoms with Gasteiger partial charge in [-0.05, 0) is 82.1 Å². The van der Waals surface area contributed by atoms with Crippen molar-refractivity contribution in [2.24, 2.45) is 11.3 Å². The molecule has 0 saturated heterocycles. The van der Waals surface area contributed by atoms with E-state index in [4.69, 9.17) is 6.42 Å². The van der Waals surface area contributed by atoms with Crippen LogP contribution in [0.5, 0.6) is 0 Å². The zero-order valence-electron chi connectivity index (χ0n) is 35.7. The number of hydrogen-bond donors (Lipinski definition) is 1. The molecule has 0 amide bonds. The Balaban J connectivity index is -0.000000314. The lowest BCUT2D eigenvalue weighted by atomic mass is 9.79. The van der Waals surface area contributed by atoms with Gasteiger partial charge in [-0.2, -0.15) is 0 Å². The summed E-state index contributed by atoms with van der Waals surface area (Å²) in [6, 6.07) is 15.1. The maximum atomic E-state index is 5.75. The van der Waals surface area contributed by atoms with Crippen molar-refractivity contribution in [3.63, 3.8) is 0 Å². The van der Waals surface area contributed by atoms with E-state index in [1.54, 1.807) is 0 Å². The molecule has 1 unspecified atom stereocenters. The molecule has 0 spiro atoms. The lowest BCUT2D eigenvalue weighted by Crippen LogP contribution is -2.36. The molecule has 0 heterocycles. The minimum atomic E-state index is 0.231. The summed E-state index contributed by atoms with van der Waals surface area (Å²) in [7, 11) is 0. The quantitative estimate of drug-likeness (QED) is 0.134. The molecule has 0 aromatic heterocycles. The molecule has 2 aromatic carbocycles. The predicted octanol–water partition coefficient (Wildman–Crippen LogP) is 16.2. The van der Waals surface area contributed by atoms with Crippen molar-refractivity contribution in [3.8, 4) is 12.3 Å². The van der Waals surface area contributed by atoms with Crippen LogP contribution in [0.15, 0.2) is 73.3 Å². The highest BCUT2D eigenvalue weighted by Crippen LogP contribution is 2.32. The molecule has 0 aliphatic rings. The van der Waals surface area contributed by atoms with Gasteiger partial charge in [0.2, 0.25) is 0 Å². The van der Waals surface area contributed by atoms with Crippen LogP contribution >= 0.6 is 0 Å². The molecule has 0 saturated carbocycles. The molecule has 1 nitrogen and oxygen atoms in total. The number of unbranched alkanes of at least 4 members (excludes halogenated alkanes) is 2. The van der Waals surface area contributed by atoms with Gasteiger partial charge in [0.15, 0.2) is 0 Å². The van der Waals surface area contributed by atoms with Crippen LogP contribution in [0.2, 0.25) is 0 Å². The largest absolute Gasteiger partial charge is 0.381 e. The van der Waals surface area contributed by atoms with E-state index >= 15 is 0 Å². The molecule has 1 atom stereocenters. The minimum absolute atomic E-state index is 0.231. The summed E-state index contributed by atoms with van der Waals surface area (Å²) < 4.78 is 0. The van der Waals surface area contributed by atoms with Crippen LogP contribution in [0.25, 0.3) is 5.57 Å². The molecule has 1 heteroatoms. The third-order valence-corrected chi connectivity index (χ3v) is 8.29. The fourth-order valence-corrected chi connectivity index (χ4v) is 3.59. The fraction of sp³-hybridized carbons (Fsp3) is 0.583. The number of terminal acetylenes is 1. The van der Waals surface area contributed by atoms with Crippen LogP contribution in [0, 0.1) is 37.5 Å². The number of anilines is 1. The molecule has 0 radical (unpaired) electrons. The second-order valence-corrected chi connectivity index (χ2v) is 14.0. The Morgan fingerprint density at radius 3 is 1.51 bits per heavy atom. The SMILES string of the molecule is C#Cc1cc(C(=C)/C=C\C)ccc1NC(CCC)C(C)(C)CC.C=C(C)C.CCC(C)CC.CCCC.CCCC.Cc1ccc(C)cc1. The second-order valence-electron chi connectivity index (χ2n) is 14.0. The highest BCUT2D eigenvalue weighted by atomic mass is 14.9. The summed E-state index contributed by atoms with van der Waals surface area (Å²) in [4.78, 5) is 0. The van der Waals surface area contributed by atoms with E-state index in [2.05, 4.69) is 151 Å². The van der Waals surface area contributed by atoms with Crippen LogP contribution in [0.4, 0.5) is 5.69 Å². The molecule has 0 aliphatic heterocycles. The van der Waals surface area contributed by atoms with Gasteiger partial charge in [-0.1, -0.05) is 193 Å². The number of allylic oxidation sites excluding steroid dienone is 4. The molecule has 49 heavy (non-hydrogen) atoms. The van der Waals surface area contributed by atoms with Crippen LogP contribution in [0.3, 0.4) is 0 Å². The van der Waals surface area contributed by atoms with Crippen molar-refractivity contribution in [2.45, 2.75) is 175 Å². The van der Waals surface area contributed by atoms with Gasteiger partial charge in [-0.25, -0.2) is 0 Å². The second kappa shape index (κ2) is 34.9. The lowest BCUT2D eigenvalue weighted by Gasteiger charge is -2.35. The Bertz CT molecular complexity index is 1090. The van der Waals surface area contributed by atoms with E-state index in [0.29, 0.717) is 6.04 Å². The monoisotopic (exact) mass is 674 g/mol. The van der Waals surface area contributed by atoms with E-state index in [-0.39, 0.29) is 5.41 Å². The smallest absolute Gasteiger partial charge is 0.0501 e. The van der Waals surface area contributed by atoms with Crippen molar-refractivity contribution in [1.29, 1.82) is 0 Å². The summed E-state index contributed by atoms with van der Waals surface area (Å²) >= 11 is 0. The van der Waals surface area contributed by atoms with Gasteiger partial charge in [0.25, 0.3) is 0 Å². The maximum Gasteiger partial charge on any atom is 0.0501 e. The Morgan fingerprint density at radius 2 is 1.22 bits per heavy atom. The third kappa shape index (κ3) is 32.0. The zero-order valence-corrected chi connectivity index (χ0v) is 35.7. The summed E-state index contributed by atoms with van der Waals surface area (Å²) in [5.74, 6) is 3.76. The first-order chi connectivity index (χ1) is 23.0. The molecular weight excluding hydrogens is 591 g/mol. The van der Waals surface area contributed by atoms with Crippen LogP contribution in [0.1, 0.15) is 177 Å². The van der Waals surface area contributed by atoms with E-state index in [0.717, 1.165) is 47.6 Å². The highest BCUT2D eigenvalue weighted by molar-refractivity contribution is 5.75. The van der Waals surface area contributed by atoms with Crippen molar-refractivity contribution < 1.29 is 0 Å². The van der Waals surface area contributed by atoms with Gasteiger partial charge in [0.05, 0.1) is 5.69 Å². The maximum absolute atomic E-state index is 5.75. The summed E-state index contributed by atoms with van der Waals surface area (Å²) in [5, 5.41) is 3.70. The van der Waals surface area contributed by atoms with Crippen molar-refractivity contribution in [3.05, 3.63) is 95.6 Å². The Hall–Kier alpha value is -2.98. The molecule has 1 N–H and O–H groups in total. The average molecular weight is 674 g/mol. The molecule has 0 bridgehead atoms. The molecule has 0 fully saturated rings. The Labute approximate surface area is 309 Å². The average Bonchev–Trinajstić information content (AvgIpc) is 3.09. The first-order valence-corrected chi connectivity index (χ1v) is 19.4. The zero-order chi connectivity index (χ0) is 38.8. The number of benzene rings is 2. The fourth-order valence-electron chi connectivity index (χ4n) is 3.59. The normalized spacial score (nSPS) is 10.5. The molecule has 280 valence electrons. The summed E-state index contributed by atoms with van der Waals surface area (Å²) in [6.07, 6.45) is 21.1. The Morgan fingerprint density at radius 1 is 0.796 bits per heavy atom. The first-order valence-electron chi connectivity index (χ1n) is 19.4. The third-order valence-electron chi connectivity index (χ3n) is 8.29. The van der Waals surface area contributed by atoms with Crippen molar-refractivity contribution >= 4 is 11.3 Å². The summed E-state index contributed by atoms with van der Waals surface area (Å²) in [5.41, 5.74) is 8.06. The van der Waals surface area contributed by atoms with E-state index in [1.165, 1.54) is 55.2 Å². The topological polar surface area (TPSA) is 12.0 Å². The van der Waals surface area contributed by atoms with Gasteiger partial charge in [-0.15, -0.1) is 13.0 Å². The van der Waals surface area contributed by atoms with Gasteiger partial charge >= 0.3 is 0 Å². The van der Waals surface area contributed by atoms with Crippen LogP contribution < -0.4 is 5.32 Å². The molecule has 0 aliphatic carbocycles. The van der Waals surface area contributed by atoms with Gasteiger partial charge < -0.3 is 5.32 Å². The minimum Gasteiger partial charge on any atom is -0.381 e. The van der Waals surface area contributed by atoms with E-state index in [1.807, 2.05) is 39.0 Å². The number of nitrogens with one attached hydrogen (secondary N) is 1. The van der Waals surface area contributed by atoms with Gasteiger partial charge in [-0.3, -0.25) is 0 Å². The van der Waals surface area contributed by atoms with Crippen LogP contribution in [-0.4, -0.2) is 6.04 Å². The number of hydrogen-bond acceptors (Lipinski definition) is 1.